The lowest BCUT2D eigenvalue weighted by Gasteiger charge is -2.39. The molecule has 5 N–H and O–H groups in total. The van der Waals surface area contributed by atoms with Crippen LogP contribution in [0.3, 0.4) is 0 Å². The van der Waals surface area contributed by atoms with Crippen molar-refractivity contribution in [1.29, 1.82) is 0 Å². The van der Waals surface area contributed by atoms with E-state index in [4.69, 9.17) is 23.7 Å². The van der Waals surface area contributed by atoms with Crippen LogP contribution >= 0.6 is 0 Å². The van der Waals surface area contributed by atoms with Gasteiger partial charge in [-0.25, -0.2) is 0 Å². The number of benzene rings is 1. The number of hydrogen-bond donors (Lipinski definition) is 5. The standard InChI is InChI=1S/C17H20O10/c1-24-7-2-9(19)13-10(20)3-8(26-11(13)4-7)6-25-17-16(23)15(22)14(21)12(5-18)27-17/h2-4,12,14-19,21-23H,5-6H2,1H3/t12-,14-,15+,16-,17-/m1/s1. The SMILES string of the molecule is COc1cc(O)c2c(=O)cc(CO[C@@H]3O[C@H](CO)[C@@H](O)[C@H](O)[C@H]3O)oc2c1. The average molecular weight is 384 g/mol. The van der Waals surface area contributed by atoms with Crippen molar-refractivity contribution in [3.8, 4) is 11.5 Å². The zero-order chi connectivity index (χ0) is 19.7. The molecule has 10 nitrogen and oxygen atoms in total. The fourth-order valence-corrected chi connectivity index (χ4v) is 2.85. The Morgan fingerprint density at radius 2 is 1.85 bits per heavy atom. The van der Waals surface area contributed by atoms with Crippen molar-refractivity contribution in [2.75, 3.05) is 13.7 Å². The van der Waals surface area contributed by atoms with Crippen LogP contribution in [-0.2, 0) is 16.1 Å². The summed E-state index contributed by atoms with van der Waals surface area (Å²) in [6, 6.07) is 3.82. The molecule has 2 aromatic rings. The van der Waals surface area contributed by atoms with Crippen molar-refractivity contribution in [1.82, 2.24) is 0 Å². The Morgan fingerprint density at radius 3 is 2.52 bits per heavy atom. The lowest BCUT2D eigenvalue weighted by molar-refractivity contribution is -0.304. The van der Waals surface area contributed by atoms with Gasteiger partial charge >= 0.3 is 0 Å². The van der Waals surface area contributed by atoms with Crippen LogP contribution in [0.4, 0.5) is 0 Å². The summed E-state index contributed by atoms with van der Waals surface area (Å²) in [4.78, 5) is 12.2. The molecule has 1 fully saturated rings. The topological polar surface area (TPSA) is 159 Å². The van der Waals surface area contributed by atoms with Gasteiger partial charge in [-0.1, -0.05) is 0 Å². The number of ether oxygens (including phenoxy) is 3. The summed E-state index contributed by atoms with van der Waals surface area (Å²) >= 11 is 0. The van der Waals surface area contributed by atoms with Crippen LogP contribution in [0.25, 0.3) is 11.0 Å². The predicted octanol–water partition coefficient (Wildman–Crippen LogP) is -1.18. The van der Waals surface area contributed by atoms with Crippen molar-refractivity contribution in [3.63, 3.8) is 0 Å². The molecule has 0 radical (unpaired) electrons. The molecule has 10 heteroatoms. The van der Waals surface area contributed by atoms with E-state index in [0.29, 0.717) is 0 Å². The summed E-state index contributed by atoms with van der Waals surface area (Å²) in [6.07, 6.45) is -7.12. The molecule has 0 saturated carbocycles. The first-order valence-electron chi connectivity index (χ1n) is 8.11. The minimum absolute atomic E-state index is 0.0209. The fourth-order valence-electron chi connectivity index (χ4n) is 2.85. The molecule has 0 amide bonds. The highest BCUT2D eigenvalue weighted by atomic mass is 16.7. The molecule has 3 rings (SSSR count). The third-order valence-corrected chi connectivity index (χ3v) is 4.31. The van der Waals surface area contributed by atoms with Gasteiger partial charge in [0.25, 0.3) is 0 Å². The van der Waals surface area contributed by atoms with Gasteiger partial charge in [0.1, 0.15) is 59.3 Å². The third kappa shape index (κ3) is 3.76. The number of phenols is 1. The van der Waals surface area contributed by atoms with Gasteiger partial charge in [0.05, 0.1) is 13.7 Å². The monoisotopic (exact) mass is 384 g/mol. The maximum Gasteiger partial charge on any atom is 0.196 e. The Labute approximate surface area is 152 Å². The summed E-state index contributed by atoms with van der Waals surface area (Å²) in [6.45, 7) is -0.902. The molecule has 0 aliphatic carbocycles. The van der Waals surface area contributed by atoms with Gasteiger partial charge in [0, 0.05) is 18.2 Å². The van der Waals surface area contributed by atoms with Crippen LogP contribution < -0.4 is 10.2 Å². The quantitative estimate of drug-likeness (QED) is 0.425. The summed E-state index contributed by atoms with van der Waals surface area (Å²) in [5, 5.41) is 48.5. The van der Waals surface area contributed by atoms with Gasteiger partial charge in [-0.2, -0.15) is 0 Å². The Bertz CT molecular complexity index is 861. The van der Waals surface area contributed by atoms with Gasteiger partial charge in [-0.3, -0.25) is 4.79 Å². The smallest absolute Gasteiger partial charge is 0.196 e. The second-order valence-corrected chi connectivity index (χ2v) is 6.10. The molecule has 1 aromatic carbocycles. The van der Waals surface area contributed by atoms with Crippen LogP contribution in [0, 0.1) is 0 Å². The Hall–Kier alpha value is -2.21. The van der Waals surface area contributed by atoms with E-state index in [1.165, 1.54) is 19.2 Å². The van der Waals surface area contributed by atoms with Crippen LogP contribution in [-0.4, -0.2) is 70.0 Å². The summed E-state index contributed by atoms with van der Waals surface area (Å²) in [7, 11) is 1.39. The number of phenolic OH excluding ortho intramolecular Hbond substituents is 1. The van der Waals surface area contributed by atoms with Crippen molar-refractivity contribution in [3.05, 3.63) is 34.2 Å². The van der Waals surface area contributed by atoms with Crippen LogP contribution in [0.5, 0.6) is 11.5 Å². The van der Waals surface area contributed by atoms with E-state index in [9.17, 15) is 25.2 Å². The molecule has 148 valence electrons. The summed E-state index contributed by atoms with van der Waals surface area (Å²) < 4.78 is 21.1. The highest BCUT2D eigenvalue weighted by Gasteiger charge is 2.44. The molecule has 0 unspecified atom stereocenters. The number of aliphatic hydroxyl groups excluding tert-OH is 4. The number of hydrogen-bond acceptors (Lipinski definition) is 10. The minimum Gasteiger partial charge on any atom is -0.507 e. The van der Waals surface area contributed by atoms with Crippen molar-refractivity contribution in [2.45, 2.75) is 37.3 Å². The van der Waals surface area contributed by atoms with E-state index in [1.54, 1.807) is 0 Å². The molecule has 1 aliphatic heterocycles. The second-order valence-electron chi connectivity index (χ2n) is 6.10. The number of rotatable bonds is 5. The van der Waals surface area contributed by atoms with E-state index in [2.05, 4.69) is 0 Å². The highest BCUT2D eigenvalue weighted by Crippen LogP contribution is 2.29. The van der Waals surface area contributed by atoms with Crippen LogP contribution in [0.2, 0.25) is 0 Å². The first-order valence-corrected chi connectivity index (χ1v) is 8.11. The molecular weight excluding hydrogens is 364 g/mol. The van der Waals surface area contributed by atoms with Gasteiger partial charge in [-0.15, -0.1) is 0 Å². The minimum atomic E-state index is -1.58. The fraction of sp³-hybridized carbons (Fsp3) is 0.471. The van der Waals surface area contributed by atoms with Crippen LogP contribution in [0.1, 0.15) is 5.76 Å². The molecule has 1 aromatic heterocycles. The van der Waals surface area contributed by atoms with Gasteiger partial charge < -0.3 is 44.2 Å². The molecule has 2 heterocycles. The number of aromatic hydroxyl groups is 1. The lowest BCUT2D eigenvalue weighted by Crippen LogP contribution is -2.59. The Balaban J connectivity index is 1.81. The Morgan fingerprint density at radius 1 is 1.11 bits per heavy atom. The molecule has 5 atom stereocenters. The molecule has 1 aliphatic rings. The molecule has 27 heavy (non-hydrogen) atoms. The second kappa shape index (κ2) is 7.80. The summed E-state index contributed by atoms with van der Waals surface area (Å²) in [5.74, 6) is 0.0618. The molecule has 1 saturated heterocycles. The number of methoxy groups -OCH3 is 1. The zero-order valence-electron chi connectivity index (χ0n) is 14.3. The molecule has 0 bridgehead atoms. The number of fused-ring (bicyclic) bond motifs is 1. The molecule has 0 spiro atoms. The third-order valence-electron chi connectivity index (χ3n) is 4.31. The van der Waals surface area contributed by atoms with Crippen LogP contribution in [0.15, 0.2) is 27.4 Å². The summed E-state index contributed by atoms with van der Waals surface area (Å²) in [5.41, 5.74) is -0.435. The van der Waals surface area contributed by atoms with E-state index in [1.807, 2.05) is 0 Å². The van der Waals surface area contributed by atoms with Crippen molar-refractivity contribution in [2.24, 2.45) is 0 Å². The van der Waals surface area contributed by atoms with Gasteiger partial charge in [0.15, 0.2) is 11.7 Å². The van der Waals surface area contributed by atoms with Gasteiger partial charge in [-0.05, 0) is 0 Å². The first kappa shape index (κ1) is 19.5. The normalized spacial score (nSPS) is 28.4. The number of aliphatic hydroxyl groups is 4. The van der Waals surface area contributed by atoms with Crippen molar-refractivity contribution < 1.29 is 44.2 Å². The Kier molecular flexibility index (Phi) is 5.65. The maximum absolute atomic E-state index is 12.2. The van der Waals surface area contributed by atoms with Gasteiger partial charge in [0.2, 0.25) is 0 Å². The maximum atomic E-state index is 12.2. The lowest BCUT2D eigenvalue weighted by atomic mass is 9.99. The van der Waals surface area contributed by atoms with Crippen molar-refractivity contribution >= 4 is 11.0 Å². The van der Waals surface area contributed by atoms with E-state index < -0.39 is 42.7 Å². The average Bonchev–Trinajstić information content (AvgIpc) is 2.65. The first-order chi connectivity index (χ1) is 12.8. The van der Waals surface area contributed by atoms with E-state index >= 15 is 0 Å². The zero-order valence-corrected chi connectivity index (χ0v) is 14.3. The highest BCUT2D eigenvalue weighted by molar-refractivity contribution is 5.84. The largest absolute Gasteiger partial charge is 0.507 e. The van der Waals surface area contributed by atoms with E-state index in [0.717, 1.165) is 6.07 Å². The molecular formula is C17H20O10. The predicted molar refractivity (Wildman–Crippen MR) is 89.3 cm³/mol. The van der Waals surface area contributed by atoms with E-state index in [-0.39, 0.29) is 34.8 Å².